The van der Waals surface area contributed by atoms with Crippen LogP contribution >= 0.6 is 0 Å². The molecule has 0 aliphatic carbocycles. The van der Waals surface area contributed by atoms with E-state index in [-0.39, 0.29) is 11.9 Å². The van der Waals surface area contributed by atoms with Gasteiger partial charge in [0.05, 0.1) is 0 Å². The minimum absolute atomic E-state index is 0.0740. The van der Waals surface area contributed by atoms with Crippen molar-refractivity contribution in [1.29, 1.82) is 0 Å². The summed E-state index contributed by atoms with van der Waals surface area (Å²) >= 11 is 0. The van der Waals surface area contributed by atoms with Gasteiger partial charge in [-0.25, -0.2) is 0 Å². The Balaban J connectivity index is 2.26. The maximum Gasteiger partial charge on any atom is 0.269 e. The second kappa shape index (κ2) is 4.54. The Bertz CT molecular complexity index is 256. The molecule has 13 heavy (non-hydrogen) atoms. The molecular weight excluding hydrogens is 170 g/mol. The smallest absolute Gasteiger partial charge is 0.269 e. The van der Waals surface area contributed by atoms with Crippen LogP contribution in [0.2, 0.25) is 0 Å². The molecule has 0 bridgehead atoms. The molecule has 0 saturated heterocycles. The molecule has 0 aliphatic heterocycles. The van der Waals surface area contributed by atoms with Crippen molar-refractivity contribution in [3.8, 4) is 0 Å². The Hall–Kier alpha value is -1.46. The van der Waals surface area contributed by atoms with E-state index in [4.69, 9.17) is 0 Å². The zero-order valence-corrected chi connectivity index (χ0v) is 7.74. The first kappa shape index (κ1) is 9.63. The van der Waals surface area contributed by atoms with Gasteiger partial charge in [0.25, 0.3) is 5.95 Å². The van der Waals surface area contributed by atoms with E-state index in [1.165, 1.54) is 0 Å². The third kappa shape index (κ3) is 3.64. The highest BCUT2D eigenvalue weighted by Crippen LogP contribution is 2.04. The van der Waals surface area contributed by atoms with Crippen molar-refractivity contribution in [3.63, 3.8) is 0 Å². The minimum atomic E-state index is -0.0740. The van der Waals surface area contributed by atoms with Crippen molar-refractivity contribution < 1.29 is 4.79 Å². The van der Waals surface area contributed by atoms with Crippen LogP contribution in [0.1, 0.15) is 26.7 Å². The number of aromatic nitrogens is 4. The highest BCUT2D eigenvalue weighted by Gasteiger charge is 2.05. The number of carbonyl (C=O) groups is 1. The fourth-order valence-corrected chi connectivity index (χ4v) is 0.822. The van der Waals surface area contributed by atoms with Gasteiger partial charge in [-0.05, 0) is 17.6 Å². The number of amides is 1. The summed E-state index contributed by atoms with van der Waals surface area (Å²) in [7, 11) is 0. The lowest BCUT2D eigenvalue weighted by atomic mass is 10.1. The summed E-state index contributed by atoms with van der Waals surface area (Å²) in [6.45, 7) is 4.14. The van der Waals surface area contributed by atoms with Crippen molar-refractivity contribution in [1.82, 2.24) is 20.6 Å². The van der Waals surface area contributed by atoms with E-state index in [1.807, 2.05) is 0 Å². The van der Waals surface area contributed by atoms with Crippen molar-refractivity contribution in [2.45, 2.75) is 26.7 Å². The predicted octanol–water partition coefficient (Wildman–Crippen LogP) is 0.574. The van der Waals surface area contributed by atoms with Gasteiger partial charge in [0, 0.05) is 6.42 Å². The van der Waals surface area contributed by atoms with E-state index < -0.39 is 0 Å². The van der Waals surface area contributed by atoms with E-state index in [0.29, 0.717) is 12.3 Å². The lowest BCUT2D eigenvalue weighted by Crippen LogP contribution is -2.13. The Labute approximate surface area is 76.1 Å². The van der Waals surface area contributed by atoms with E-state index in [1.54, 1.807) is 0 Å². The highest BCUT2D eigenvalue weighted by molar-refractivity contribution is 5.88. The molecular formula is C7H13N5O. The largest absolute Gasteiger partial charge is 0.292 e. The zero-order chi connectivity index (χ0) is 9.68. The van der Waals surface area contributed by atoms with Gasteiger partial charge in [-0.3, -0.25) is 10.1 Å². The molecule has 0 aromatic carbocycles. The molecule has 2 N–H and O–H groups in total. The SMILES string of the molecule is CC(C)CCC(=O)Nc1nn[nH]n1. The summed E-state index contributed by atoms with van der Waals surface area (Å²) < 4.78 is 0. The number of H-pyrrole nitrogens is 1. The molecule has 0 radical (unpaired) electrons. The fraction of sp³-hybridized carbons (Fsp3) is 0.714. The first-order chi connectivity index (χ1) is 6.18. The van der Waals surface area contributed by atoms with E-state index in [2.05, 4.69) is 39.8 Å². The van der Waals surface area contributed by atoms with Gasteiger partial charge < -0.3 is 0 Å². The zero-order valence-electron chi connectivity index (χ0n) is 7.74. The van der Waals surface area contributed by atoms with Gasteiger partial charge in [0.2, 0.25) is 5.91 Å². The van der Waals surface area contributed by atoms with Crippen LogP contribution in [0, 0.1) is 5.92 Å². The number of hydrogen-bond acceptors (Lipinski definition) is 4. The summed E-state index contributed by atoms with van der Waals surface area (Å²) in [6.07, 6.45) is 1.36. The molecule has 1 aromatic heterocycles. The van der Waals surface area contributed by atoms with Crippen molar-refractivity contribution >= 4 is 11.9 Å². The first-order valence-electron chi connectivity index (χ1n) is 4.22. The maximum atomic E-state index is 11.2. The summed E-state index contributed by atoms with van der Waals surface area (Å²) in [5.41, 5.74) is 0. The molecule has 0 fully saturated rings. The van der Waals surface area contributed by atoms with Crippen LogP contribution in [0.3, 0.4) is 0 Å². The molecule has 0 atom stereocenters. The summed E-state index contributed by atoms with van der Waals surface area (Å²) in [5, 5.41) is 15.3. The molecule has 0 aliphatic rings. The molecule has 0 spiro atoms. The van der Waals surface area contributed by atoms with Gasteiger partial charge in [-0.15, -0.1) is 5.10 Å². The third-order valence-electron chi connectivity index (χ3n) is 1.55. The molecule has 6 nitrogen and oxygen atoms in total. The lowest BCUT2D eigenvalue weighted by molar-refractivity contribution is -0.116. The Morgan fingerprint density at radius 3 is 2.92 bits per heavy atom. The monoisotopic (exact) mass is 183 g/mol. The number of rotatable bonds is 4. The minimum Gasteiger partial charge on any atom is -0.292 e. The highest BCUT2D eigenvalue weighted by atomic mass is 16.1. The number of nitrogens with zero attached hydrogens (tertiary/aromatic N) is 3. The molecule has 1 aromatic rings. The molecule has 0 saturated carbocycles. The van der Waals surface area contributed by atoms with Crippen LogP contribution < -0.4 is 5.32 Å². The van der Waals surface area contributed by atoms with Crippen molar-refractivity contribution in [2.75, 3.05) is 5.32 Å². The Morgan fingerprint density at radius 2 is 2.38 bits per heavy atom. The number of anilines is 1. The molecule has 72 valence electrons. The molecule has 6 heteroatoms. The van der Waals surface area contributed by atoms with E-state index >= 15 is 0 Å². The van der Waals surface area contributed by atoms with Crippen LogP contribution in [0.5, 0.6) is 0 Å². The van der Waals surface area contributed by atoms with Crippen LogP contribution in [0.15, 0.2) is 0 Å². The number of carbonyl (C=O) groups excluding carboxylic acids is 1. The maximum absolute atomic E-state index is 11.2. The topological polar surface area (TPSA) is 83.6 Å². The Kier molecular flexibility index (Phi) is 3.36. The van der Waals surface area contributed by atoms with E-state index in [0.717, 1.165) is 6.42 Å². The quantitative estimate of drug-likeness (QED) is 0.715. The molecule has 1 heterocycles. The standard InChI is InChI=1S/C7H13N5O/c1-5(2)3-4-6(13)8-7-9-11-12-10-7/h5H,3-4H2,1-2H3,(H2,8,9,10,11,12,13). The first-order valence-corrected chi connectivity index (χ1v) is 4.22. The van der Waals surface area contributed by atoms with Gasteiger partial charge in [0.15, 0.2) is 0 Å². The van der Waals surface area contributed by atoms with Gasteiger partial charge >= 0.3 is 0 Å². The Morgan fingerprint density at radius 1 is 1.62 bits per heavy atom. The van der Waals surface area contributed by atoms with Gasteiger partial charge in [0.1, 0.15) is 0 Å². The van der Waals surface area contributed by atoms with Crippen molar-refractivity contribution in [2.24, 2.45) is 5.92 Å². The number of aromatic amines is 1. The van der Waals surface area contributed by atoms with Crippen LogP contribution in [-0.2, 0) is 4.79 Å². The number of tetrazole rings is 1. The third-order valence-corrected chi connectivity index (χ3v) is 1.55. The average molecular weight is 183 g/mol. The number of nitrogens with one attached hydrogen (secondary N) is 2. The van der Waals surface area contributed by atoms with Crippen LogP contribution in [0.4, 0.5) is 5.95 Å². The average Bonchev–Trinajstić information content (AvgIpc) is 2.53. The summed E-state index contributed by atoms with van der Waals surface area (Å²) in [4.78, 5) is 11.2. The summed E-state index contributed by atoms with van der Waals surface area (Å²) in [5.74, 6) is 0.680. The van der Waals surface area contributed by atoms with Crippen LogP contribution in [0.25, 0.3) is 0 Å². The molecule has 1 amide bonds. The van der Waals surface area contributed by atoms with Gasteiger partial charge in [-0.1, -0.05) is 18.9 Å². The fourth-order valence-electron chi connectivity index (χ4n) is 0.822. The predicted molar refractivity (Wildman–Crippen MR) is 46.9 cm³/mol. The summed E-state index contributed by atoms with van der Waals surface area (Å²) in [6, 6.07) is 0. The number of hydrogen-bond donors (Lipinski definition) is 2. The second-order valence-corrected chi connectivity index (χ2v) is 3.22. The van der Waals surface area contributed by atoms with Crippen LogP contribution in [-0.4, -0.2) is 26.5 Å². The second-order valence-electron chi connectivity index (χ2n) is 3.22. The van der Waals surface area contributed by atoms with E-state index in [9.17, 15) is 4.79 Å². The lowest BCUT2D eigenvalue weighted by Gasteiger charge is -2.02. The van der Waals surface area contributed by atoms with Crippen molar-refractivity contribution in [3.05, 3.63) is 0 Å². The molecule has 1 rings (SSSR count). The van der Waals surface area contributed by atoms with Gasteiger partial charge in [-0.2, -0.15) is 5.21 Å². The molecule has 0 unspecified atom stereocenters. The normalized spacial score (nSPS) is 10.4.